The largest absolute Gasteiger partial charge is 0.506 e. The van der Waals surface area contributed by atoms with Gasteiger partial charge in [-0.2, -0.15) is 0 Å². The lowest BCUT2D eigenvalue weighted by atomic mass is 9.93. The van der Waals surface area contributed by atoms with Crippen LogP contribution in [0.2, 0.25) is 5.02 Å². The van der Waals surface area contributed by atoms with Crippen LogP contribution in [-0.2, 0) is 11.2 Å². The average Bonchev–Trinajstić information content (AvgIpc) is 2.50. The van der Waals surface area contributed by atoms with E-state index in [1.807, 2.05) is 29.2 Å². The van der Waals surface area contributed by atoms with Gasteiger partial charge in [-0.25, -0.2) is 0 Å². The third-order valence-electron chi connectivity index (χ3n) is 4.19. The first-order valence-corrected chi connectivity index (χ1v) is 7.87. The number of hydrogen-bond acceptors (Lipinski definition) is 3. The summed E-state index contributed by atoms with van der Waals surface area (Å²) < 4.78 is 5.25. The second kappa shape index (κ2) is 6.50. The number of likely N-dealkylation sites (tertiary alicyclic amines) is 1. The molecule has 0 spiro atoms. The molecule has 4 nitrogen and oxygen atoms in total. The normalized spacial score (nSPS) is 16.8. The minimum absolute atomic E-state index is 0.0288. The van der Waals surface area contributed by atoms with E-state index in [9.17, 15) is 9.90 Å². The molecule has 2 aromatic carbocycles. The van der Waals surface area contributed by atoms with E-state index >= 15 is 0 Å². The fraction of sp³-hybridized carbons (Fsp3) is 0.278. The van der Waals surface area contributed by atoms with Crippen molar-refractivity contribution in [3.8, 4) is 11.5 Å². The molecule has 3 rings (SSSR count). The average molecular weight is 332 g/mol. The van der Waals surface area contributed by atoms with E-state index in [2.05, 4.69) is 0 Å². The molecule has 5 heteroatoms. The van der Waals surface area contributed by atoms with Gasteiger partial charge in [-0.3, -0.25) is 4.79 Å². The lowest BCUT2D eigenvalue weighted by Gasteiger charge is -2.41. The van der Waals surface area contributed by atoms with Gasteiger partial charge in [0.2, 0.25) is 5.91 Å². The highest BCUT2D eigenvalue weighted by molar-refractivity contribution is 6.32. The van der Waals surface area contributed by atoms with Crippen LogP contribution in [0.1, 0.15) is 23.6 Å². The summed E-state index contributed by atoms with van der Waals surface area (Å²) in [6.45, 7) is 0.756. The number of aromatic hydroxyl groups is 1. The van der Waals surface area contributed by atoms with E-state index in [-0.39, 0.29) is 29.1 Å². The molecule has 1 unspecified atom stereocenters. The second-order valence-electron chi connectivity index (χ2n) is 5.63. The third-order valence-corrected chi connectivity index (χ3v) is 4.49. The summed E-state index contributed by atoms with van der Waals surface area (Å²) in [6.07, 6.45) is 1.23. The molecular weight excluding hydrogens is 314 g/mol. The van der Waals surface area contributed by atoms with E-state index in [4.69, 9.17) is 16.3 Å². The van der Waals surface area contributed by atoms with E-state index in [0.717, 1.165) is 29.8 Å². The molecule has 2 aromatic rings. The Morgan fingerprint density at radius 1 is 1.35 bits per heavy atom. The Kier molecular flexibility index (Phi) is 4.44. The molecule has 0 saturated carbocycles. The van der Waals surface area contributed by atoms with Crippen LogP contribution in [-0.4, -0.2) is 29.6 Å². The number of phenolic OH excluding ortho intramolecular Hbond substituents is 1. The Balaban J connectivity index is 1.71. The molecule has 1 atom stereocenters. The highest BCUT2D eigenvalue weighted by Crippen LogP contribution is 2.35. The van der Waals surface area contributed by atoms with Gasteiger partial charge in [-0.15, -0.1) is 0 Å². The van der Waals surface area contributed by atoms with Crippen molar-refractivity contribution in [1.29, 1.82) is 0 Å². The molecule has 0 bridgehead atoms. The number of halogens is 1. The fourth-order valence-electron chi connectivity index (χ4n) is 2.82. The summed E-state index contributed by atoms with van der Waals surface area (Å²) in [4.78, 5) is 14.4. The molecule has 120 valence electrons. The first-order chi connectivity index (χ1) is 11.1. The van der Waals surface area contributed by atoms with Crippen molar-refractivity contribution in [3.05, 3.63) is 58.6 Å². The molecule has 23 heavy (non-hydrogen) atoms. The van der Waals surface area contributed by atoms with Gasteiger partial charge >= 0.3 is 0 Å². The number of hydrogen-bond donors (Lipinski definition) is 1. The molecule has 1 fully saturated rings. The van der Waals surface area contributed by atoms with Crippen LogP contribution in [0.25, 0.3) is 0 Å². The standard InChI is InChI=1S/C18H18ClNO3/c1-23-14-4-2-3-13(11-14)16-7-8-20(16)18(22)10-12-5-6-17(21)15(19)9-12/h2-6,9,11,16,21H,7-8,10H2,1H3. The zero-order valence-corrected chi connectivity index (χ0v) is 13.6. The number of ether oxygens (including phenoxy) is 1. The minimum atomic E-state index is 0.0288. The number of carbonyl (C=O) groups is 1. The highest BCUT2D eigenvalue weighted by atomic mass is 35.5. The van der Waals surface area contributed by atoms with Gasteiger partial charge in [0.25, 0.3) is 0 Å². The maximum atomic E-state index is 12.5. The van der Waals surface area contributed by atoms with E-state index in [1.54, 1.807) is 19.2 Å². The first-order valence-electron chi connectivity index (χ1n) is 7.49. The molecule has 1 amide bonds. The minimum Gasteiger partial charge on any atom is -0.506 e. The number of amides is 1. The van der Waals surface area contributed by atoms with Crippen molar-refractivity contribution < 1.29 is 14.6 Å². The van der Waals surface area contributed by atoms with Crippen LogP contribution in [0.4, 0.5) is 0 Å². The molecule has 1 aliphatic heterocycles. The Hall–Kier alpha value is -2.20. The molecule has 0 aliphatic carbocycles. The fourth-order valence-corrected chi connectivity index (χ4v) is 3.02. The molecule has 0 aromatic heterocycles. The van der Waals surface area contributed by atoms with Crippen LogP contribution in [0, 0.1) is 0 Å². The summed E-state index contributed by atoms with van der Waals surface area (Å²) in [5.74, 6) is 0.888. The third kappa shape index (κ3) is 3.27. The van der Waals surface area contributed by atoms with Crippen molar-refractivity contribution in [3.63, 3.8) is 0 Å². The maximum absolute atomic E-state index is 12.5. The first kappa shape index (κ1) is 15.7. The number of rotatable bonds is 4. The van der Waals surface area contributed by atoms with Gasteiger partial charge in [0.1, 0.15) is 11.5 Å². The molecule has 1 N–H and O–H groups in total. The topological polar surface area (TPSA) is 49.8 Å². The molecule has 1 aliphatic rings. The molecule has 1 heterocycles. The summed E-state index contributed by atoms with van der Waals surface area (Å²) in [5.41, 5.74) is 1.89. The van der Waals surface area contributed by atoms with Crippen LogP contribution >= 0.6 is 11.6 Å². The van der Waals surface area contributed by atoms with Gasteiger partial charge < -0.3 is 14.7 Å². The van der Waals surface area contributed by atoms with Crippen molar-refractivity contribution in [2.45, 2.75) is 18.9 Å². The van der Waals surface area contributed by atoms with Gasteiger partial charge in [0.05, 0.1) is 24.6 Å². The van der Waals surface area contributed by atoms with E-state index in [0.29, 0.717) is 0 Å². The van der Waals surface area contributed by atoms with E-state index in [1.165, 1.54) is 6.07 Å². The zero-order valence-electron chi connectivity index (χ0n) is 12.8. The Labute approximate surface area is 140 Å². The number of phenols is 1. The summed E-state index contributed by atoms with van der Waals surface area (Å²) in [5, 5.41) is 9.71. The lowest BCUT2D eigenvalue weighted by molar-refractivity contribution is -0.138. The number of methoxy groups -OCH3 is 1. The highest BCUT2D eigenvalue weighted by Gasteiger charge is 2.33. The van der Waals surface area contributed by atoms with Crippen molar-refractivity contribution >= 4 is 17.5 Å². The van der Waals surface area contributed by atoms with Crippen LogP contribution < -0.4 is 4.74 Å². The summed E-state index contributed by atoms with van der Waals surface area (Å²) in [6, 6.07) is 12.8. The van der Waals surface area contributed by atoms with Crippen LogP contribution in [0.15, 0.2) is 42.5 Å². The quantitative estimate of drug-likeness (QED) is 0.931. The van der Waals surface area contributed by atoms with Gasteiger partial charge in [0, 0.05) is 6.54 Å². The van der Waals surface area contributed by atoms with Gasteiger partial charge in [-0.05, 0) is 41.8 Å². The number of carbonyl (C=O) groups excluding carboxylic acids is 1. The van der Waals surface area contributed by atoms with Crippen molar-refractivity contribution in [1.82, 2.24) is 4.90 Å². The van der Waals surface area contributed by atoms with Crippen molar-refractivity contribution in [2.75, 3.05) is 13.7 Å². The molecular formula is C18H18ClNO3. The van der Waals surface area contributed by atoms with Gasteiger partial charge in [0.15, 0.2) is 0 Å². The van der Waals surface area contributed by atoms with Crippen LogP contribution in [0.5, 0.6) is 11.5 Å². The predicted octanol–water partition coefficient (Wildman–Crippen LogP) is 3.57. The van der Waals surface area contributed by atoms with Crippen molar-refractivity contribution in [2.24, 2.45) is 0 Å². The molecule has 0 radical (unpaired) electrons. The summed E-state index contributed by atoms with van der Waals surface area (Å²) >= 11 is 5.89. The number of benzene rings is 2. The second-order valence-corrected chi connectivity index (χ2v) is 6.04. The number of nitrogens with zero attached hydrogens (tertiary/aromatic N) is 1. The SMILES string of the molecule is COc1cccc(C2CCN2C(=O)Cc2ccc(O)c(Cl)c2)c1. The zero-order chi connectivity index (χ0) is 16.4. The summed E-state index contributed by atoms with van der Waals surface area (Å²) in [7, 11) is 1.64. The lowest BCUT2D eigenvalue weighted by Crippen LogP contribution is -2.45. The Morgan fingerprint density at radius 2 is 2.17 bits per heavy atom. The molecule has 1 saturated heterocycles. The van der Waals surface area contributed by atoms with E-state index < -0.39 is 0 Å². The van der Waals surface area contributed by atoms with Crippen LogP contribution in [0.3, 0.4) is 0 Å². The smallest absolute Gasteiger partial charge is 0.227 e. The monoisotopic (exact) mass is 331 g/mol. The Morgan fingerprint density at radius 3 is 2.83 bits per heavy atom. The maximum Gasteiger partial charge on any atom is 0.227 e. The predicted molar refractivity (Wildman–Crippen MR) is 88.9 cm³/mol. The van der Waals surface area contributed by atoms with Gasteiger partial charge in [-0.1, -0.05) is 29.8 Å². The Bertz CT molecular complexity index is 732.